The number of fused-ring (bicyclic) bond motifs is 2. The van der Waals surface area contributed by atoms with Gasteiger partial charge < -0.3 is 10.1 Å². The molecular formula is C17H20F2N2O2. The van der Waals surface area contributed by atoms with Crippen molar-refractivity contribution < 1.29 is 18.3 Å². The van der Waals surface area contributed by atoms with E-state index >= 15 is 0 Å². The molecular weight excluding hydrogens is 302 g/mol. The summed E-state index contributed by atoms with van der Waals surface area (Å²) in [7, 11) is 0. The highest BCUT2D eigenvalue weighted by Gasteiger charge is 2.47. The smallest absolute Gasteiger partial charge is 0.322 e. The van der Waals surface area contributed by atoms with E-state index in [1.165, 1.54) is 4.90 Å². The summed E-state index contributed by atoms with van der Waals surface area (Å²) in [6.45, 7) is 1.60. The van der Waals surface area contributed by atoms with Gasteiger partial charge in [0, 0.05) is 30.7 Å². The number of nitrogens with one attached hydrogen (secondary N) is 1. The van der Waals surface area contributed by atoms with Crippen LogP contribution in [0.5, 0.6) is 0 Å². The number of nitrogens with zero attached hydrogens (tertiary/aromatic N) is 1. The van der Waals surface area contributed by atoms with Crippen molar-refractivity contribution in [3.8, 4) is 0 Å². The Bertz CT molecular complexity index is 640. The average molecular weight is 322 g/mol. The van der Waals surface area contributed by atoms with Gasteiger partial charge in [-0.25, -0.2) is 13.6 Å². The maximum absolute atomic E-state index is 14.0. The normalized spacial score (nSPS) is 28.8. The van der Waals surface area contributed by atoms with Crippen LogP contribution in [0.25, 0.3) is 0 Å². The van der Waals surface area contributed by atoms with Gasteiger partial charge in [0.2, 0.25) is 0 Å². The number of ether oxygens (including phenoxy) is 1. The second kappa shape index (κ2) is 5.44. The van der Waals surface area contributed by atoms with Gasteiger partial charge in [0.05, 0.1) is 11.8 Å². The molecule has 124 valence electrons. The number of amides is 2. The first-order valence-corrected chi connectivity index (χ1v) is 8.25. The molecule has 0 aromatic heterocycles. The van der Waals surface area contributed by atoms with Crippen LogP contribution in [-0.2, 0) is 11.2 Å². The van der Waals surface area contributed by atoms with E-state index in [0.29, 0.717) is 25.1 Å². The molecule has 1 aliphatic carbocycles. The molecule has 1 aromatic rings. The molecule has 0 spiro atoms. The third-order valence-corrected chi connectivity index (χ3v) is 5.61. The van der Waals surface area contributed by atoms with E-state index in [4.69, 9.17) is 4.74 Å². The molecule has 2 amide bonds. The van der Waals surface area contributed by atoms with Gasteiger partial charge in [-0.2, -0.15) is 0 Å². The van der Waals surface area contributed by atoms with Gasteiger partial charge in [-0.05, 0) is 37.8 Å². The van der Waals surface area contributed by atoms with Crippen LogP contribution in [0, 0.1) is 17.0 Å². The summed E-state index contributed by atoms with van der Waals surface area (Å²) in [6, 6.07) is 1.85. The van der Waals surface area contributed by atoms with E-state index in [1.807, 2.05) is 0 Å². The maximum atomic E-state index is 14.0. The van der Waals surface area contributed by atoms with Gasteiger partial charge in [-0.1, -0.05) is 6.42 Å². The summed E-state index contributed by atoms with van der Waals surface area (Å²) in [6.07, 6.45) is 4.75. The molecule has 1 aromatic carbocycles. The van der Waals surface area contributed by atoms with Crippen molar-refractivity contribution in [3.05, 3.63) is 29.3 Å². The fraction of sp³-hybridized carbons (Fsp3) is 0.588. The fourth-order valence-corrected chi connectivity index (χ4v) is 4.35. The van der Waals surface area contributed by atoms with Crippen molar-refractivity contribution >= 4 is 11.7 Å². The summed E-state index contributed by atoms with van der Waals surface area (Å²) in [4.78, 5) is 13.8. The summed E-state index contributed by atoms with van der Waals surface area (Å²) in [5.41, 5.74) is 0.408. The lowest BCUT2D eigenvalue weighted by atomic mass is 9.83. The summed E-state index contributed by atoms with van der Waals surface area (Å²) in [5.74, 6) is -0.995. The van der Waals surface area contributed by atoms with Crippen LogP contribution >= 0.6 is 0 Å². The Kier molecular flexibility index (Phi) is 3.52. The molecule has 0 radical (unpaired) electrons. The number of hydrogen-bond acceptors (Lipinski definition) is 2. The van der Waals surface area contributed by atoms with Gasteiger partial charge in [0.25, 0.3) is 0 Å². The number of hydrogen-bond donors (Lipinski definition) is 1. The highest BCUT2D eigenvalue weighted by molar-refractivity contribution is 5.94. The molecule has 1 saturated carbocycles. The van der Waals surface area contributed by atoms with E-state index in [2.05, 4.69) is 5.32 Å². The fourth-order valence-electron chi connectivity index (χ4n) is 4.35. The number of urea groups is 1. The Hall–Kier alpha value is -1.69. The minimum atomic E-state index is -0.546. The van der Waals surface area contributed by atoms with E-state index < -0.39 is 11.6 Å². The van der Waals surface area contributed by atoms with Gasteiger partial charge in [0.1, 0.15) is 11.6 Å². The van der Waals surface area contributed by atoms with Crippen LogP contribution in [-0.4, -0.2) is 31.8 Å². The van der Waals surface area contributed by atoms with Crippen LogP contribution in [0.4, 0.5) is 19.3 Å². The number of carbonyl (C=O) groups excluding carboxylic acids is 1. The molecule has 2 aliphatic heterocycles. The first-order valence-electron chi connectivity index (χ1n) is 8.25. The number of benzene rings is 1. The Morgan fingerprint density at radius 3 is 3.04 bits per heavy atom. The molecule has 2 fully saturated rings. The second-order valence-corrected chi connectivity index (χ2v) is 6.78. The average Bonchev–Trinajstić information content (AvgIpc) is 3.21. The van der Waals surface area contributed by atoms with Crippen molar-refractivity contribution in [1.82, 2.24) is 5.32 Å². The second-order valence-electron chi connectivity index (χ2n) is 6.78. The molecule has 1 N–H and O–H groups in total. The first kappa shape index (κ1) is 14.9. The zero-order valence-electron chi connectivity index (χ0n) is 12.9. The number of halogens is 2. The number of anilines is 1. The van der Waals surface area contributed by atoms with Crippen LogP contribution in [0.2, 0.25) is 0 Å². The third-order valence-electron chi connectivity index (χ3n) is 5.61. The Morgan fingerprint density at radius 1 is 1.35 bits per heavy atom. The van der Waals surface area contributed by atoms with Crippen molar-refractivity contribution in [3.63, 3.8) is 0 Å². The summed E-state index contributed by atoms with van der Waals surface area (Å²) in [5, 5.41) is 2.93. The van der Waals surface area contributed by atoms with E-state index in [1.54, 1.807) is 0 Å². The minimum Gasteiger partial charge on any atom is -0.378 e. The van der Waals surface area contributed by atoms with Crippen molar-refractivity contribution in [2.45, 2.75) is 38.2 Å². The van der Waals surface area contributed by atoms with Crippen molar-refractivity contribution in [1.29, 1.82) is 0 Å². The lowest BCUT2D eigenvalue weighted by molar-refractivity contribution is 0.0710. The molecule has 23 heavy (non-hydrogen) atoms. The SMILES string of the molecule is O=C(NC[C@]12CCC[C@H]1OCC2)N1CCc2c(F)ccc(F)c21. The predicted molar refractivity (Wildman–Crippen MR) is 81.4 cm³/mol. The Morgan fingerprint density at radius 2 is 2.17 bits per heavy atom. The quantitative estimate of drug-likeness (QED) is 0.909. The lowest BCUT2D eigenvalue weighted by Crippen LogP contribution is -2.45. The topological polar surface area (TPSA) is 41.6 Å². The molecule has 3 aliphatic rings. The molecule has 2 heterocycles. The van der Waals surface area contributed by atoms with Gasteiger partial charge >= 0.3 is 6.03 Å². The van der Waals surface area contributed by atoms with E-state index in [9.17, 15) is 13.6 Å². The largest absolute Gasteiger partial charge is 0.378 e. The van der Waals surface area contributed by atoms with Gasteiger partial charge in [-0.3, -0.25) is 4.90 Å². The number of rotatable bonds is 2. The molecule has 4 nitrogen and oxygen atoms in total. The molecule has 4 rings (SSSR count). The van der Waals surface area contributed by atoms with Crippen LogP contribution in [0.15, 0.2) is 12.1 Å². The van der Waals surface area contributed by atoms with E-state index in [0.717, 1.165) is 44.4 Å². The molecule has 6 heteroatoms. The third kappa shape index (κ3) is 2.31. The first-order chi connectivity index (χ1) is 11.1. The summed E-state index contributed by atoms with van der Waals surface area (Å²) < 4.78 is 33.6. The minimum absolute atomic E-state index is 0.0265. The monoisotopic (exact) mass is 322 g/mol. The number of carbonyl (C=O) groups is 1. The molecule has 2 atom stereocenters. The zero-order valence-corrected chi connectivity index (χ0v) is 12.9. The Labute approximate surface area is 133 Å². The molecule has 1 saturated heterocycles. The molecule has 0 bridgehead atoms. The molecule has 0 unspecified atom stereocenters. The van der Waals surface area contributed by atoms with Crippen LogP contribution in [0.1, 0.15) is 31.2 Å². The highest BCUT2D eigenvalue weighted by Crippen LogP contribution is 2.47. The van der Waals surface area contributed by atoms with Crippen molar-refractivity contribution in [2.24, 2.45) is 5.41 Å². The van der Waals surface area contributed by atoms with Gasteiger partial charge in [0.15, 0.2) is 0 Å². The zero-order chi connectivity index (χ0) is 16.0. The van der Waals surface area contributed by atoms with Crippen LogP contribution < -0.4 is 10.2 Å². The van der Waals surface area contributed by atoms with Gasteiger partial charge in [-0.15, -0.1) is 0 Å². The summed E-state index contributed by atoms with van der Waals surface area (Å²) >= 11 is 0. The Balaban J connectivity index is 1.49. The van der Waals surface area contributed by atoms with Crippen molar-refractivity contribution in [2.75, 3.05) is 24.6 Å². The van der Waals surface area contributed by atoms with Crippen LogP contribution in [0.3, 0.4) is 0 Å². The standard InChI is InChI=1S/C17H20F2N2O2/c18-12-3-4-13(19)15-11(12)5-8-21(15)16(22)20-10-17-6-1-2-14(17)23-9-7-17/h3-4,14H,1-2,5-10H2,(H,20,22)/t14-,17-/m1/s1. The highest BCUT2D eigenvalue weighted by atomic mass is 19.1. The predicted octanol–water partition coefficient (Wildman–Crippen LogP) is 3.00. The maximum Gasteiger partial charge on any atom is 0.322 e. The lowest BCUT2D eigenvalue weighted by Gasteiger charge is -2.29. The van der Waals surface area contributed by atoms with E-state index in [-0.39, 0.29) is 23.2 Å².